The van der Waals surface area contributed by atoms with Gasteiger partial charge >= 0.3 is 18.0 Å². The highest BCUT2D eigenvalue weighted by Crippen LogP contribution is 2.23. The highest BCUT2D eigenvalue weighted by atomic mass is 35.5. The highest BCUT2D eigenvalue weighted by Gasteiger charge is 2.16. The van der Waals surface area contributed by atoms with E-state index < -0.39 is 11.9 Å². The molecular weight excluding hydrogens is 449 g/mol. The van der Waals surface area contributed by atoms with Crippen molar-refractivity contribution < 1.29 is 29.3 Å². The van der Waals surface area contributed by atoms with Gasteiger partial charge in [-0.25, -0.2) is 14.4 Å². The first kappa shape index (κ1) is 28.5. The van der Waals surface area contributed by atoms with E-state index in [1.54, 1.807) is 23.1 Å². The van der Waals surface area contributed by atoms with E-state index in [9.17, 15) is 14.4 Å². The van der Waals surface area contributed by atoms with Crippen LogP contribution in [0.25, 0.3) is 0 Å². The number of hydrogen-bond acceptors (Lipinski definition) is 5. The Kier molecular flexibility index (Phi) is 14.1. The number of rotatable bonds is 10. The molecule has 0 saturated carbocycles. The standard InChI is InChI=1S/C16H25Cl2N3O2.C4H4O4/c1-12(2)21(7-6-20(3)4)16(22)19-5-8-23-15-10-13(17)9-14(18)11-15;5-3(6)1-2-4(7)8/h9-12H,5-8H2,1-4H3,(H,19,22);1-2H,(H,5,6)(H,7,8)/b;2-1-. The summed E-state index contributed by atoms with van der Waals surface area (Å²) in [6, 6.07) is 5.07. The van der Waals surface area contributed by atoms with Gasteiger partial charge in [0.25, 0.3) is 0 Å². The zero-order chi connectivity index (χ0) is 24.0. The van der Waals surface area contributed by atoms with Crippen LogP contribution in [0.4, 0.5) is 4.79 Å². The summed E-state index contributed by atoms with van der Waals surface area (Å²) in [6.07, 6.45) is 1.12. The van der Waals surface area contributed by atoms with Crippen molar-refractivity contribution in [3.63, 3.8) is 0 Å². The van der Waals surface area contributed by atoms with Gasteiger partial charge < -0.3 is 30.1 Å². The molecule has 0 fully saturated rings. The van der Waals surface area contributed by atoms with Gasteiger partial charge in [0.15, 0.2) is 0 Å². The predicted molar refractivity (Wildman–Crippen MR) is 120 cm³/mol. The molecule has 0 aliphatic heterocycles. The maximum absolute atomic E-state index is 12.2. The summed E-state index contributed by atoms with van der Waals surface area (Å²) in [7, 11) is 3.97. The van der Waals surface area contributed by atoms with Crippen LogP contribution in [0, 0.1) is 0 Å². The first-order chi connectivity index (χ1) is 14.4. The highest BCUT2D eigenvalue weighted by molar-refractivity contribution is 6.34. The molecule has 2 amide bonds. The number of urea groups is 1. The van der Waals surface area contributed by atoms with Crippen LogP contribution in [-0.4, -0.2) is 84.4 Å². The quantitative estimate of drug-likeness (QED) is 0.349. The second-order valence-corrected chi connectivity index (χ2v) is 7.66. The third-order valence-electron chi connectivity index (χ3n) is 3.52. The van der Waals surface area contributed by atoms with E-state index in [1.807, 2.05) is 27.9 Å². The molecule has 0 saturated heterocycles. The third-order valence-corrected chi connectivity index (χ3v) is 3.96. The molecule has 1 aromatic carbocycles. The first-order valence-electron chi connectivity index (χ1n) is 9.34. The van der Waals surface area contributed by atoms with Gasteiger partial charge in [-0.05, 0) is 46.1 Å². The molecule has 0 unspecified atom stereocenters. The van der Waals surface area contributed by atoms with Gasteiger partial charge in [0.2, 0.25) is 0 Å². The Morgan fingerprint density at radius 1 is 1.03 bits per heavy atom. The minimum atomic E-state index is -1.26. The lowest BCUT2D eigenvalue weighted by Gasteiger charge is -2.28. The number of nitrogens with one attached hydrogen (secondary N) is 1. The van der Waals surface area contributed by atoms with Gasteiger partial charge in [-0.1, -0.05) is 23.2 Å². The van der Waals surface area contributed by atoms with Crippen LogP contribution < -0.4 is 10.1 Å². The van der Waals surface area contributed by atoms with Crippen molar-refractivity contribution in [2.45, 2.75) is 19.9 Å². The molecule has 0 aliphatic carbocycles. The number of carbonyl (C=O) groups is 3. The maximum atomic E-state index is 12.2. The lowest BCUT2D eigenvalue weighted by atomic mass is 10.3. The van der Waals surface area contributed by atoms with E-state index in [0.717, 1.165) is 6.54 Å². The van der Waals surface area contributed by atoms with Crippen LogP contribution in [0.5, 0.6) is 5.75 Å². The lowest BCUT2D eigenvalue weighted by molar-refractivity contribution is -0.134. The van der Waals surface area contributed by atoms with Crippen LogP contribution in [-0.2, 0) is 9.59 Å². The van der Waals surface area contributed by atoms with Crippen molar-refractivity contribution in [3.05, 3.63) is 40.4 Å². The Morgan fingerprint density at radius 2 is 1.55 bits per heavy atom. The van der Waals surface area contributed by atoms with E-state index in [-0.39, 0.29) is 12.1 Å². The third kappa shape index (κ3) is 15.0. The molecule has 1 rings (SSSR count). The van der Waals surface area contributed by atoms with Crippen LogP contribution in [0.1, 0.15) is 13.8 Å². The number of aliphatic carboxylic acids is 2. The summed E-state index contributed by atoms with van der Waals surface area (Å²) in [5.41, 5.74) is 0. The van der Waals surface area contributed by atoms with Crippen molar-refractivity contribution in [2.24, 2.45) is 0 Å². The van der Waals surface area contributed by atoms with Crippen LogP contribution >= 0.6 is 23.2 Å². The average Bonchev–Trinajstić information content (AvgIpc) is 2.63. The van der Waals surface area contributed by atoms with Crippen molar-refractivity contribution in [2.75, 3.05) is 40.3 Å². The van der Waals surface area contributed by atoms with Gasteiger partial charge in [0, 0.05) is 41.3 Å². The molecule has 0 bridgehead atoms. The fourth-order valence-corrected chi connectivity index (χ4v) is 2.59. The second kappa shape index (κ2) is 15.3. The molecule has 0 heterocycles. The Labute approximate surface area is 192 Å². The topological polar surface area (TPSA) is 119 Å². The van der Waals surface area contributed by atoms with Gasteiger partial charge in [0.1, 0.15) is 12.4 Å². The fraction of sp³-hybridized carbons (Fsp3) is 0.450. The van der Waals surface area contributed by atoms with Crippen LogP contribution in [0.2, 0.25) is 10.0 Å². The van der Waals surface area contributed by atoms with E-state index in [4.69, 9.17) is 38.2 Å². The number of amides is 2. The van der Waals surface area contributed by atoms with Crippen LogP contribution in [0.3, 0.4) is 0 Å². The number of carboxylic acids is 2. The summed E-state index contributed by atoms with van der Waals surface area (Å²) >= 11 is 11.8. The number of hydrogen-bond donors (Lipinski definition) is 3. The monoisotopic (exact) mass is 477 g/mol. The maximum Gasteiger partial charge on any atom is 0.328 e. The van der Waals surface area contributed by atoms with E-state index in [1.165, 1.54) is 0 Å². The molecule has 0 aromatic heterocycles. The minimum absolute atomic E-state index is 0.0884. The largest absolute Gasteiger partial charge is 0.492 e. The normalized spacial score (nSPS) is 10.6. The number of benzene rings is 1. The summed E-state index contributed by atoms with van der Waals surface area (Å²) < 4.78 is 5.55. The zero-order valence-corrected chi connectivity index (χ0v) is 19.5. The molecule has 3 N–H and O–H groups in total. The Balaban J connectivity index is 0.000000954. The number of carboxylic acid groups (broad SMARTS) is 2. The Morgan fingerprint density at radius 3 is 1.97 bits per heavy atom. The summed E-state index contributed by atoms with van der Waals surface area (Å²) in [6.45, 7) is 6.26. The molecule has 174 valence electrons. The van der Waals surface area contributed by atoms with E-state index in [2.05, 4.69) is 10.2 Å². The fourth-order valence-electron chi connectivity index (χ4n) is 2.08. The first-order valence-corrected chi connectivity index (χ1v) is 10.1. The number of halogens is 2. The predicted octanol–water partition coefficient (Wildman–Crippen LogP) is 3.07. The van der Waals surface area contributed by atoms with Gasteiger partial charge in [0.05, 0.1) is 6.54 Å². The number of ether oxygens (including phenoxy) is 1. The second-order valence-electron chi connectivity index (χ2n) is 6.79. The van der Waals surface area contributed by atoms with Crippen molar-refractivity contribution in [1.82, 2.24) is 15.1 Å². The smallest absolute Gasteiger partial charge is 0.328 e. The number of carbonyl (C=O) groups excluding carboxylic acids is 1. The molecule has 1 aromatic rings. The molecule has 0 spiro atoms. The van der Waals surface area contributed by atoms with Crippen molar-refractivity contribution >= 4 is 41.2 Å². The van der Waals surface area contributed by atoms with Gasteiger partial charge in [-0.15, -0.1) is 0 Å². The van der Waals surface area contributed by atoms with Crippen LogP contribution in [0.15, 0.2) is 30.4 Å². The lowest BCUT2D eigenvalue weighted by Crippen LogP contribution is -2.47. The molecule has 0 aliphatic rings. The van der Waals surface area contributed by atoms with Crippen molar-refractivity contribution in [3.8, 4) is 5.75 Å². The SMILES string of the molecule is CC(C)N(CCN(C)C)C(=O)NCCOc1cc(Cl)cc(Cl)c1.O=C(O)/C=C\C(=O)O. The summed E-state index contributed by atoms with van der Waals surface area (Å²) in [5.74, 6) is -1.93. The van der Waals surface area contributed by atoms with E-state index >= 15 is 0 Å². The van der Waals surface area contributed by atoms with E-state index in [0.29, 0.717) is 47.6 Å². The Hall–Kier alpha value is -2.49. The molecule has 11 heteroatoms. The summed E-state index contributed by atoms with van der Waals surface area (Å²) in [4.78, 5) is 35.2. The Bertz CT molecular complexity index is 720. The van der Waals surface area contributed by atoms with Gasteiger partial charge in [-0.2, -0.15) is 0 Å². The minimum Gasteiger partial charge on any atom is -0.492 e. The summed E-state index contributed by atoms with van der Waals surface area (Å²) in [5, 5.41) is 19.5. The molecule has 0 atom stereocenters. The zero-order valence-electron chi connectivity index (χ0n) is 18.0. The molecule has 0 radical (unpaired) electrons. The number of likely N-dealkylation sites (N-methyl/N-ethyl adjacent to an activating group) is 1. The molecular formula is C20H29Cl2N3O6. The average molecular weight is 478 g/mol. The van der Waals surface area contributed by atoms with Crippen molar-refractivity contribution in [1.29, 1.82) is 0 Å². The number of nitrogens with zero attached hydrogens (tertiary/aromatic N) is 2. The van der Waals surface area contributed by atoms with Gasteiger partial charge in [-0.3, -0.25) is 0 Å². The molecule has 9 nitrogen and oxygen atoms in total. The molecule has 31 heavy (non-hydrogen) atoms.